The number of fused-ring (bicyclic) bond motifs is 1. The molecule has 3 rings (SSSR count). The first-order valence-corrected chi connectivity index (χ1v) is 6.24. The van der Waals surface area contributed by atoms with Crippen molar-refractivity contribution in [2.45, 2.75) is 0 Å². The van der Waals surface area contributed by atoms with Gasteiger partial charge in [0.15, 0.2) is 0 Å². The Bertz CT molecular complexity index is 751. The number of halogens is 1. The molecule has 4 N–H and O–H groups in total. The van der Waals surface area contributed by atoms with Gasteiger partial charge >= 0.3 is 0 Å². The number of aromatic nitrogens is 1. The lowest BCUT2D eigenvalue weighted by atomic mass is 9.99. The number of hydrogen-bond acceptors (Lipinski definition) is 3. The fourth-order valence-electron chi connectivity index (χ4n) is 2.23. The minimum Gasteiger partial charge on any atom is -0.383 e. The van der Waals surface area contributed by atoms with Crippen LogP contribution in [-0.2, 0) is 0 Å². The molecule has 1 aromatic heterocycles. The third-order valence-corrected chi connectivity index (χ3v) is 3.35. The van der Waals surface area contributed by atoms with Gasteiger partial charge in [-0.2, -0.15) is 0 Å². The van der Waals surface area contributed by atoms with E-state index in [9.17, 15) is 0 Å². The van der Waals surface area contributed by atoms with E-state index in [0.29, 0.717) is 16.7 Å². The summed E-state index contributed by atoms with van der Waals surface area (Å²) in [6.45, 7) is 0. The van der Waals surface area contributed by atoms with E-state index in [4.69, 9.17) is 23.1 Å². The van der Waals surface area contributed by atoms with Crippen LogP contribution >= 0.6 is 11.6 Å². The second-order valence-electron chi connectivity index (χ2n) is 4.31. The molecule has 0 amide bonds. The first kappa shape index (κ1) is 11.8. The average Bonchev–Trinajstić information content (AvgIpc) is 2.41. The van der Waals surface area contributed by atoms with Crippen LogP contribution in [0.2, 0.25) is 5.02 Å². The number of benzene rings is 2. The van der Waals surface area contributed by atoms with Crippen LogP contribution in [0.15, 0.2) is 48.5 Å². The Morgan fingerprint density at radius 2 is 1.42 bits per heavy atom. The van der Waals surface area contributed by atoms with E-state index in [1.807, 2.05) is 48.5 Å². The van der Waals surface area contributed by atoms with Crippen molar-refractivity contribution >= 4 is 34.0 Å². The van der Waals surface area contributed by atoms with Crippen LogP contribution in [0, 0.1) is 0 Å². The highest BCUT2D eigenvalue weighted by atomic mass is 35.5. The summed E-state index contributed by atoms with van der Waals surface area (Å²) in [6, 6.07) is 15.4. The number of nitrogens with two attached hydrogens (primary N) is 2. The Balaban J connectivity index is 2.37. The average molecular weight is 270 g/mol. The van der Waals surface area contributed by atoms with Gasteiger partial charge in [-0.25, -0.2) is 4.98 Å². The maximum Gasteiger partial charge on any atom is 0.134 e. The summed E-state index contributed by atoms with van der Waals surface area (Å²) in [5.41, 5.74) is 13.8. The van der Waals surface area contributed by atoms with Gasteiger partial charge in [-0.1, -0.05) is 48.0 Å². The number of nitrogen functional groups attached to an aromatic ring is 2. The first-order chi connectivity index (χ1) is 9.16. The Morgan fingerprint density at radius 3 is 2.11 bits per heavy atom. The molecule has 0 unspecified atom stereocenters. The number of hydrogen-bond donors (Lipinski definition) is 2. The molecular formula is C15H12ClN3. The Morgan fingerprint density at radius 1 is 0.789 bits per heavy atom. The molecule has 0 atom stereocenters. The van der Waals surface area contributed by atoms with Crippen LogP contribution in [-0.4, -0.2) is 4.98 Å². The number of nitrogens with zero attached hydrogens (tertiary/aromatic N) is 1. The Kier molecular flexibility index (Phi) is 2.76. The molecule has 0 saturated heterocycles. The highest BCUT2D eigenvalue weighted by Crippen LogP contribution is 2.35. The van der Waals surface area contributed by atoms with Crippen molar-refractivity contribution in [3.63, 3.8) is 0 Å². The zero-order chi connectivity index (χ0) is 13.4. The van der Waals surface area contributed by atoms with E-state index in [1.165, 1.54) is 0 Å². The summed E-state index contributed by atoms with van der Waals surface area (Å²) in [5.74, 6) is 0.879. The van der Waals surface area contributed by atoms with Gasteiger partial charge in [0.1, 0.15) is 11.6 Å². The zero-order valence-corrected chi connectivity index (χ0v) is 10.9. The normalized spacial score (nSPS) is 10.8. The molecule has 0 spiro atoms. The molecule has 0 aliphatic heterocycles. The van der Waals surface area contributed by atoms with Crippen LogP contribution in [0.1, 0.15) is 0 Å². The fourth-order valence-corrected chi connectivity index (χ4v) is 2.35. The quantitative estimate of drug-likeness (QED) is 0.708. The van der Waals surface area contributed by atoms with Crippen LogP contribution in [0.5, 0.6) is 0 Å². The van der Waals surface area contributed by atoms with Gasteiger partial charge in [-0.3, -0.25) is 0 Å². The number of rotatable bonds is 1. The summed E-state index contributed by atoms with van der Waals surface area (Å²) in [5, 5.41) is 2.59. The topological polar surface area (TPSA) is 64.9 Å². The number of pyridine rings is 1. The highest BCUT2D eigenvalue weighted by molar-refractivity contribution is 6.30. The minimum absolute atomic E-state index is 0.429. The van der Waals surface area contributed by atoms with Gasteiger partial charge in [0, 0.05) is 16.0 Å². The third kappa shape index (κ3) is 1.98. The molecule has 0 bridgehead atoms. The van der Waals surface area contributed by atoms with Crippen molar-refractivity contribution in [2.75, 3.05) is 11.5 Å². The molecule has 94 valence electrons. The molecular weight excluding hydrogens is 258 g/mol. The van der Waals surface area contributed by atoms with E-state index in [-0.39, 0.29) is 0 Å². The van der Waals surface area contributed by atoms with E-state index < -0.39 is 0 Å². The van der Waals surface area contributed by atoms with Crippen molar-refractivity contribution in [1.82, 2.24) is 4.98 Å². The minimum atomic E-state index is 0.429. The largest absolute Gasteiger partial charge is 0.383 e. The SMILES string of the molecule is Nc1nc(N)c2ccccc2c1-c1ccc(Cl)cc1. The van der Waals surface area contributed by atoms with Gasteiger partial charge < -0.3 is 11.5 Å². The van der Waals surface area contributed by atoms with Gasteiger partial charge in [0.05, 0.1) is 0 Å². The molecule has 0 saturated carbocycles. The van der Waals surface area contributed by atoms with Crippen molar-refractivity contribution in [2.24, 2.45) is 0 Å². The summed E-state index contributed by atoms with van der Waals surface area (Å²) >= 11 is 5.92. The standard InChI is InChI=1S/C15H12ClN3/c16-10-7-5-9(6-8-10)13-11-3-1-2-4-12(11)14(17)19-15(13)18/h1-8H,(H4,17,18,19). The molecule has 3 aromatic rings. The molecule has 0 aliphatic rings. The van der Waals surface area contributed by atoms with Crippen molar-refractivity contribution in [3.8, 4) is 11.1 Å². The van der Waals surface area contributed by atoms with Crippen LogP contribution in [0.3, 0.4) is 0 Å². The highest BCUT2D eigenvalue weighted by Gasteiger charge is 2.11. The van der Waals surface area contributed by atoms with E-state index >= 15 is 0 Å². The summed E-state index contributed by atoms with van der Waals surface area (Å²) < 4.78 is 0. The molecule has 0 aliphatic carbocycles. The maximum atomic E-state index is 6.03. The zero-order valence-electron chi connectivity index (χ0n) is 10.1. The summed E-state index contributed by atoms with van der Waals surface area (Å²) in [7, 11) is 0. The van der Waals surface area contributed by atoms with Crippen LogP contribution in [0.25, 0.3) is 21.9 Å². The van der Waals surface area contributed by atoms with Crippen LogP contribution in [0.4, 0.5) is 11.6 Å². The molecule has 1 heterocycles. The van der Waals surface area contributed by atoms with Crippen LogP contribution < -0.4 is 11.5 Å². The molecule has 0 fully saturated rings. The second-order valence-corrected chi connectivity index (χ2v) is 4.75. The third-order valence-electron chi connectivity index (χ3n) is 3.10. The second kappa shape index (κ2) is 4.44. The van der Waals surface area contributed by atoms with Crippen molar-refractivity contribution in [3.05, 3.63) is 53.6 Å². The molecule has 0 radical (unpaired) electrons. The first-order valence-electron chi connectivity index (χ1n) is 5.86. The molecule has 3 nitrogen and oxygen atoms in total. The van der Waals surface area contributed by atoms with E-state index in [2.05, 4.69) is 4.98 Å². The van der Waals surface area contributed by atoms with E-state index in [0.717, 1.165) is 21.9 Å². The fraction of sp³-hybridized carbons (Fsp3) is 0. The lowest BCUT2D eigenvalue weighted by molar-refractivity contribution is 1.37. The maximum absolute atomic E-state index is 6.03. The molecule has 19 heavy (non-hydrogen) atoms. The van der Waals surface area contributed by atoms with E-state index in [1.54, 1.807) is 0 Å². The lowest BCUT2D eigenvalue weighted by Gasteiger charge is -2.11. The Hall–Kier alpha value is -2.26. The monoisotopic (exact) mass is 269 g/mol. The predicted molar refractivity (Wildman–Crippen MR) is 81.0 cm³/mol. The van der Waals surface area contributed by atoms with Gasteiger partial charge in [-0.05, 0) is 23.1 Å². The Labute approximate surface area is 115 Å². The van der Waals surface area contributed by atoms with Gasteiger partial charge in [0.2, 0.25) is 0 Å². The van der Waals surface area contributed by atoms with Gasteiger partial charge in [-0.15, -0.1) is 0 Å². The molecule has 2 aromatic carbocycles. The summed E-state index contributed by atoms with van der Waals surface area (Å²) in [6.07, 6.45) is 0. The molecule has 4 heteroatoms. The lowest BCUT2D eigenvalue weighted by Crippen LogP contribution is -2.00. The summed E-state index contributed by atoms with van der Waals surface area (Å²) in [4.78, 5) is 4.22. The van der Waals surface area contributed by atoms with Crippen molar-refractivity contribution < 1.29 is 0 Å². The van der Waals surface area contributed by atoms with Crippen molar-refractivity contribution in [1.29, 1.82) is 0 Å². The number of anilines is 2. The smallest absolute Gasteiger partial charge is 0.134 e. The van der Waals surface area contributed by atoms with Gasteiger partial charge in [0.25, 0.3) is 0 Å². The predicted octanol–water partition coefficient (Wildman–Crippen LogP) is 3.72.